The number of amides is 1. The zero-order valence-corrected chi connectivity index (χ0v) is 16.9. The summed E-state index contributed by atoms with van der Waals surface area (Å²) < 4.78 is 3.44. The molecule has 0 spiro atoms. The molecule has 1 amide bonds. The fourth-order valence-electron chi connectivity index (χ4n) is 3.34. The predicted molar refractivity (Wildman–Crippen MR) is 109 cm³/mol. The van der Waals surface area contributed by atoms with Crippen molar-refractivity contribution in [3.63, 3.8) is 0 Å². The molecule has 2 heterocycles. The number of rotatable bonds is 7. The average Bonchev–Trinajstić information content (AvgIpc) is 3.19. The first kappa shape index (κ1) is 20.2. The van der Waals surface area contributed by atoms with E-state index >= 15 is 0 Å². The number of carbonyl (C=O) groups excluding carboxylic acids is 1. The molecule has 0 unspecified atom stereocenters. The molecular weight excluding hydrogens is 372 g/mol. The van der Waals surface area contributed by atoms with Crippen LogP contribution in [-0.2, 0) is 17.9 Å². The third-order valence-electron chi connectivity index (χ3n) is 4.65. The summed E-state index contributed by atoms with van der Waals surface area (Å²) in [6, 6.07) is 7.59. The summed E-state index contributed by atoms with van der Waals surface area (Å²) in [6.45, 7) is 7.90. The molecule has 0 aliphatic carbocycles. The number of nitro groups is 1. The molecule has 0 saturated carbocycles. The molecule has 3 rings (SSSR count). The molecule has 0 fully saturated rings. The molecule has 152 valence electrons. The van der Waals surface area contributed by atoms with Gasteiger partial charge in [-0.25, -0.2) is 4.98 Å². The number of carbonyl (C=O) groups is 1. The van der Waals surface area contributed by atoms with Gasteiger partial charge in [0.2, 0.25) is 5.91 Å². The summed E-state index contributed by atoms with van der Waals surface area (Å²) in [5, 5.41) is 18.1. The van der Waals surface area contributed by atoms with Crippen LogP contribution in [-0.4, -0.2) is 30.2 Å². The lowest BCUT2D eigenvalue weighted by atomic mass is 10.1. The molecule has 9 nitrogen and oxygen atoms in total. The van der Waals surface area contributed by atoms with E-state index in [4.69, 9.17) is 0 Å². The summed E-state index contributed by atoms with van der Waals surface area (Å²) in [4.78, 5) is 27.5. The number of imidazole rings is 1. The molecule has 0 atom stereocenters. The van der Waals surface area contributed by atoms with Crippen molar-refractivity contribution in [2.45, 2.75) is 46.7 Å². The molecule has 0 saturated heterocycles. The number of hydrogen-bond acceptors (Lipinski definition) is 5. The highest BCUT2D eigenvalue weighted by molar-refractivity contribution is 5.90. The predicted octanol–water partition coefficient (Wildman–Crippen LogP) is 3.42. The van der Waals surface area contributed by atoms with Gasteiger partial charge in [-0.2, -0.15) is 5.10 Å². The first-order valence-electron chi connectivity index (χ1n) is 9.34. The topological polar surface area (TPSA) is 108 Å². The minimum Gasteiger partial charge on any atom is -0.330 e. The van der Waals surface area contributed by atoms with Crippen LogP contribution in [0.3, 0.4) is 0 Å². The van der Waals surface area contributed by atoms with Gasteiger partial charge in [-0.05, 0) is 31.5 Å². The van der Waals surface area contributed by atoms with E-state index in [0.29, 0.717) is 29.5 Å². The summed E-state index contributed by atoms with van der Waals surface area (Å²) >= 11 is 0. The van der Waals surface area contributed by atoms with Gasteiger partial charge in [-0.3, -0.25) is 19.6 Å². The van der Waals surface area contributed by atoms with Crippen molar-refractivity contribution < 1.29 is 9.72 Å². The normalized spacial score (nSPS) is 11.1. The van der Waals surface area contributed by atoms with E-state index in [0.717, 1.165) is 11.4 Å². The van der Waals surface area contributed by atoms with E-state index in [1.54, 1.807) is 20.0 Å². The highest BCUT2D eigenvalue weighted by Crippen LogP contribution is 2.22. The van der Waals surface area contributed by atoms with Crippen molar-refractivity contribution in [1.82, 2.24) is 19.3 Å². The summed E-state index contributed by atoms with van der Waals surface area (Å²) in [6.07, 6.45) is 3.73. The van der Waals surface area contributed by atoms with E-state index in [2.05, 4.69) is 33.8 Å². The van der Waals surface area contributed by atoms with E-state index in [1.165, 1.54) is 4.68 Å². The van der Waals surface area contributed by atoms with Gasteiger partial charge in [0.25, 0.3) is 0 Å². The maximum absolute atomic E-state index is 12.4. The van der Waals surface area contributed by atoms with Crippen LogP contribution in [0.25, 0.3) is 0 Å². The second kappa shape index (κ2) is 8.26. The van der Waals surface area contributed by atoms with Gasteiger partial charge in [0.15, 0.2) is 0 Å². The van der Waals surface area contributed by atoms with Crippen molar-refractivity contribution in [3.05, 3.63) is 69.5 Å². The van der Waals surface area contributed by atoms with Gasteiger partial charge < -0.3 is 9.88 Å². The molecule has 29 heavy (non-hydrogen) atoms. The number of nitrogens with zero attached hydrogens (tertiary/aromatic N) is 5. The zero-order chi connectivity index (χ0) is 21.1. The Morgan fingerprint density at radius 2 is 2.07 bits per heavy atom. The molecule has 9 heteroatoms. The monoisotopic (exact) mass is 396 g/mol. The van der Waals surface area contributed by atoms with E-state index in [9.17, 15) is 14.9 Å². The average molecular weight is 396 g/mol. The largest absolute Gasteiger partial charge is 0.330 e. The quantitative estimate of drug-likeness (QED) is 0.486. The van der Waals surface area contributed by atoms with Gasteiger partial charge in [0.05, 0.1) is 4.92 Å². The second-order valence-corrected chi connectivity index (χ2v) is 7.25. The Bertz CT molecular complexity index is 1050. The van der Waals surface area contributed by atoms with Gasteiger partial charge in [0.1, 0.15) is 23.8 Å². The lowest BCUT2D eigenvalue weighted by molar-refractivity contribution is -0.386. The van der Waals surface area contributed by atoms with Crippen molar-refractivity contribution in [2.75, 3.05) is 5.32 Å². The second-order valence-electron chi connectivity index (χ2n) is 7.25. The highest BCUT2D eigenvalue weighted by atomic mass is 16.6. The van der Waals surface area contributed by atoms with Crippen LogP contribution in [0, 0.1) is 24.0 Å². The van der Waals surface area contributed by atoms with Crippen molar-refractivity contribution >= 4 is 17.3 Å². The molecule has 0 radical (unpaired) electrons. The third kappa shape index (κ3) is 4.50. The minimum atomic E-state index is -0.475. The molecule has 1 aromatic carbocycles. The van der Waals surface area contributed by atoms with Gasteiger partial charge >= 0.3 is 5.69 Å². The maximum atomic E-state index is 12.4. The molecular formula is C20H24N6O3. The lowest BCUT2D eigenvalue weighted by Gasteiger charge is -2.12. The van der Waals surface area contributed by atoms with Gasteiger partial charge in [0, 0.05) is 30.5 Å². The first-order chi connectivity index (χ1) is 13.8. The molecule has 0 aliphatic rings. The first-order valence-corrected chi connectivity index (χ1v) is 9.34. The number of nitrogens with one attached hydrogen (secondary N) is 1. The Balaban J connectivity index is 1.70. The Morgan fingerprint density at radius 1 is 1.31 bits per heavy atom. The van der Waals surface area contributed by atoms with Gasteiger partial charge in [-0.1, -0.05) is 26.0 Å². The van der Waals surface area contributed by atoms with E-state index in [1.807, 2.05) is 30.5 Å². The Kier molecular flexibility index (Phi) is 5.76. The van der Waals surface area contributed by atoms with Crippen molar-refractivity contribution in [2.24, 2.45) is 0 Å². The number of aromatic nitrogens is 4. The Hall–Kier alpha value is -3.49. The third-order valence-corrected chi connectivity index (χ3v) is 4.65. The zero-order valence-electron chi connectivity index (χ0n) is 16.9. The minimum absolute atomic E-state index is 0.0545. The van der Waals surface area contributed by atoms with E-state index < -0.39 is 4.92 Å². The van der Waals surface area contributed by atoms with Crippen LogP contribution in [0.5, 0.6) is 0 Å². The number of benzene rings is 1. The van der Waals surface area contributed by atoms with Crippen LogP contribution < -0.4 is 5.32 Å². The molecule has 0 bridgehead atoms. The van der Waals surface area contributed by atoms with Crippen molar-refractivity contribution in [3.8, 4) is 0 Å². The standard InChI is InChI=1S/C20H24N6O3/c1-13(2)20-21-8-9-24(20)11-16-6-5-7-17(10-16)22-18(27)12-25-15(4)19(26(28)29)14(3)23-25/h5-10,13H,11-12H2,1-4H3,(H,22,27). The molecule has 1 N–H and O–H groups in total. The van der Waals surface area contributed by atoms with Crippen molar-refractivity contribution in [1.29, 1.82) is 0 Å². The van der Waals surface area contributed by atoms with Crippen LogP contribution in [0.2, 0.25) is 0 Å². The Morgan fingerprint density at radius 3 is 2.72 bits per heavy atom. The summed E-state index contributed by atoms with van der Waals surface area (Å²) in [5.74, 6) is 1.02. The van der Waals surface area contributed by atoms with Crippen LogP contribution in [0.4, 0.5) is 11.4 Å². The summed E-state index contributed by atoms with van der Waals surface area (Å²) in [7, 11) is 0. The highest BCUT2D eigenvalue weighted by Gasteiger charge is 2.22. The van der Waals surface area contributed by atoms with Gasteiger partial charge in [-0.15, -0.1) is 0 Å². The molecule has 3 aromatic rings. The fourth-order valence-corrected chi connectivity index (χ4v) is 3.34. The lowest BCUT2D eigenvalue weighted by Crippen LogP contribution is -2.20. The number of aryl methyl sites for hydroxylation is 1. The van der Waals surface area contributed by atoms with Crippen LogP contribution in [0.1, 0.15) is 42.5 Å². The molecule has 0 aliphatic heterocycles. The van der Waals surface area contributed by atoms with Crippen LogP contribution >= 0.6 is 0 Å². The van der Waals surface area contributed by atoms with E-state index in [-0.39, 0.29) is 18.1 Å². The maximum Gasteiger partial charge on any atom is 0.312 e. The van der Waals surface area contributed by atoms with Crippen LogP contribution in [0.15, 0.2) is 36.7 Å². The number of hydrogen-bond donors (Lipinski definition) is 1. The fraction of sp³-hybridized carbons (Fsp3) is 0.350. The molecule has 2 aromatic heterocycles. The Labute approximate surface area is 168 Å². The SMILES string of the molecule is Cc1nn(CC(=O)Nc2cccc(Cn3ccnc3C(C)C)c2)c(C)c1[N+](=O)[O-]. The number of anilines is 1. The smallest absolute Gasteiger partial charge is 0.312 e. The summed E-state index contributed by atoms with van der Waals surface area (Å²) in [5.41, 5.74) is 2.29.